The second kappa shape index (κ2) is 7.31. The Kier molecular flexibility index (Phi) is 4.85. The summed E-state index contributed by atoms with van der Waals surface area (Å²) in [5, 5.41) is 11.1. The number of H-pyrrole nitrogens is 1. The molecule has 0 bridgehead atoms. The van der Waals surface area contributed by atoms with E-state index in [2.05, 4.69) is 59.3 Å². The van der Waals surface area contributed by atoms with Crippen LogP contribution in [0.1, 0.15) is 43.4 Å². The normalized spacial score (nSPS) is 14.0. The van der Waals surface area contributed by atoms with Crippen LogP contribution in [0.25, 0.3) is 11.4 Å². The largest absolute Gasteiger partial charge is 0.353 e. The Morgan fingerprint density at radius 1 is 1.14 bits per heavy atom. The van der Waals surface area contributed by atoms with Crippen molar-refractivity contribution in [3.63, 3.8) is 0 Å². The molecule has 4 heterocycles. The summed E-state index contributed by atoms with van der Waals surface area (Å²) in [4.78, 5) is 16.1. The van der Waals surface area contributed by atoms with E-state index in [1.807, 2.05) is 12.1 Å². The summed E-state index contributed by atoms with van der Waals surface area (Å²) in [6, 6.07) is 6.05. The van der Waals surface area contributed by atoms with Gasteiger partial charge in [-0.25, -0.2) is 9.97 Å². The lowest BCUT2D eigenvalue weighted by atomic mass is 9.92. The number of nitrogens with zero attached hydrogens (tertiary/aromatic N) is 5. The molecule has 4 rings (SSSR count). The van der Waals surface area contributed by atoms with Gasteiger partial charge in [0, 0.05) is 42.5 Å². The van der Waals surface area contributed by atoms with Gasteiger partial charge in [0.2, 0.25) is 0 Å². The second-order valence-corrected chi connectivity index (χ2v) is 8.34. The quantitative estimate of drug-likeness (QED) is 0.727. The smallest absolute Gasteiger partial charge is 0.161 e. The molecule has 2 N–H and O–H groups in total. The van der Waals surface area contributed by atoms with E-state index in [4.69, 9.17) is 9.97 Å². The summed E-state index contributed by atoms with van der Waals surface area (Å²) in [5.74, 6) is 1.73. The molecule has 0 saturated heterocycles. The van der Waals surface area contributed by atoms with Crippen LogP contribution in [0.3, 0.4) is 0 Å². The molecular weight excluding hydrogens is 350 g/mol. The molecule has 0 aliphatic carbocycles. The van der Waals surface area contributed by atoms with Crippen molar-refractivity contribution in [1.29, 1.82) is 0 Å². The fourth-order valence-corrected chi connectivity index (χ4v) is 3.44. The van der Waals surface area contributed by atoms with E-state index in [9.17, 15) is 0 Å². The highest BCUT2D eigenvalue weighted by atomic mass is 15.2. The predicted octanol–water partition coefficient (Wildman–Crippen LogP) is 2.84. The van der Waals surface area contributed by atoms with Crippen LogP contribution >= 0.6 is 0 Å². The molecule has 28 heavy (non-hydrogen) atoms. The van der Waals surface area contributed by atoms with Crippen LogP contribution in [-0.2, 0) is 24.9 Å². The third-order valence-electron chi connectivity index (χ3n) is 5.02. The predicted molar refractivity (Wildman–Crippen MR) is 110 cm³/mol. The third-order valence-corrected chi connectivity index (χ3v) is 5.02. The number of aromatic amines is 1. The minimum atomic E-state index is 0.0294. The highest BCUT2D eigenvalue weighted by molar-refractivity contribution is 5.60. The number of nitrogens with one attached hydrogen (secondary N) is 2. The van der Waals surface area contributed by atoms with Gasteiger partial charge < -0.3 is 10.2 Å². The monoisotopic (exact) mass is 377 g/mol. The van der Waals surface area contributed by atoms with Crippen LogP contribution < -0.4 is 10.2 Å². The van der Waals surface area contributed by atoms with Crippen molar-refractivity contribution < 1.29 is 0 Å². The summed E-state index contributed by atoms with van der Waals surface area (Å²) in [6.07, 6.45) is 4.48. The molecule has 0 radical (unpaired) electrons. The van der Waals surface area contributed by atoms with Crippen LogP contribution in [0.5, 0.6) is 0 Å². The Balaban J connectivity index is 1.68. The number of hydrogen-bond donors (Lipinski definition) is 2. The summed E-state index contributed by atoms with van der Waals surface area (Å²) in [5.41, 5.74) is 5.47. The maximum atomic E-state index is 4.93. The summed E-state index contributed by atoms with van der Waals surface area (Å²) in [7, 11) is 2.08. The number of hydrogen-bond acceptors (Lipinski definition) is 6. The summed E-state index contributed by atoms with van der Waals surface area (Å²) < 4.78 is 0. The van der Waals surface area contributed by atoms with Crippen molar-refractivity contribution in [3.8, 4) is 11.4 Å². The molecule has 0 spiro atoms. The number of aromatic nitrogens is 5. The van der Waals surface area contributed by atoms with Crippen LogP contribution in [0.4, 0.5) is 5.82 Å². The molecule has 0 aromatic carbocycles. The molecule has 3 aromatic heterocycles. The first-order chi connectivity index (χ1) is 13.4. The Hall–Kier alpha value is -2.80. The zero-order valence-electron chi connectivity index (χ0n) is 17.0. The average Bonchev–Trinajstić information content (AvgIpc) is 3.17. The van der Waals surface area contributed by atoms with E-state index in [-0.39, 0.29) is 5.41 Å². The molecule has 1 aliphatic rings. The van der Waals surface area contributed by atoms with Crippen LogP contribution in [-0.4, -0.2) is 38.7 Å². The van der Waals surface area contributed by atoms with Crippen molar-refractivity contribution >= 4 is 5.82 Å². The first kappa shape index (κ1) is 18.6. The maximum absolute atomic E-state index is 4.93. The van der Waals surface area contributed by atoms with E-state index < -0.39 is 0 Å². The molecule has 146 valence electrons. The Morgan fingerprint density at radius 2 is 1.93 bits per heavy atom. The first-order valence-corrected chi connectivity index (χ1v) is 9.68. The first-order valence-electron chi connectivity index (χ1n) is 9.68. The molecule has 1 aliphatic heterocycles. The SMILES string of the molecule is CN(Cc1cc(C(C)(C)C)n[nH]1)c1nc(-c2ccncc2)nc2c1CCNC2. The van der Waals surface area contributed by atoms with Crippen molar-refractivity contribution in [2.45, 2.75) is 45.7 Å². The zero-order chi connectivity index (χ0) is 19.7. The average molecular weight is 377 g/mol. The van der Waals surface area contributed by atoms with Crippen LogP contribution in [0.15, 0.2) is 30.6 Å². The van der Waals surface area contributed by atoms with E-state index >= 15 is 0 Å². The molecule has 0 saturated carbocycles. The number of anilines is 1. The lowest BCUT2D eigenvalue weighted by molar-refractivity contribution is 0.567. The fourth-order valence-electron chi connectivity index (χ4n) is 3.44. The van der Waals surface area contributed by atoms with Crippen LogP contribution in [0.2, 0.25) is 0 Å². The Labute approximate surface area is 165 Å². The molecule has 0 atom stereocenters. The summed E-state index contributed by atoms with van der Waals surface area (Å²) >= 11 is 0. The Morgan fingerprint density at radius 3 is 2.64 bits per heavy atom. The van der Waals surface area contributed by atoms with Crippen molar-refractivity contribution in [3.05, 3.63) is 53.2 Å². The van der Waals surface area contributed by atoms with Gasteiger partial charge in [0.05, 0.1) is 23.6 Å². The molecule has 3 aromatic rings. The second-order valence-electron chi connectivity index (χ2n) is 8.34. The molecular formula is C21H27N7. The van der Waals surface area contributed by atoms with Gasteiger partial charge >= 0.3 is 0 Å². The van der Waals surface area contributed by atoms with Gasteiger partial charge in [0.25, 0.3) is 0 Å². The van der Waals surface area contributed by atoms with Gasteiger partial charge in [0.1, 0.15) is 5.82 Å². The third kappa shape index (κ3) is 3.75. The van der Waals surface area contributed by atoms with E-state index in [0.29, 0.717) is 0 Å². The number of rotatable bonds is 4. The molecule has 7 nitrogen and oxygen atoms in total. The molecule has 0 amide bonds. The number of fused-ring (bicyclic) bond motifs is 1. The van der Waals surface area contributed by atoms with Gasteiger partial charge in [-0.1, -0.05) is 20.8 Å². The van der Waals surface area contributed by atoms with Crippen LogP contribution in [0, 0.1) is 0 Å². The van der Waals surface area contributed by atoms with E-state index in [1.165, 1.54) is 5.56 Å². The topological polar surface area (TPSA) is 82.6 Å². The molecule has 0 fully saturated rings. The van der Waals surface area contributed by atoms with Crippen molar-refractivity contribution in [2.24, 2.45) is 0 Å². The van der Waals surface area contributed by atoms with Crippen molar-refractivity contribution in [1.82, 2.24) is 30.5 Å². The highest BCUT2D eigenvalue weighted by Crippen LogP contribution is 2.28. The van der Waals surface area contributed by atoms with Gasteiger partial charge in [-0.15, -0.1) is 0 Å². The van der Waals surface area contributed by atoms with Gasteiger partial charge in [-0.3, -0.25) is 10.1 Å². The Bertz CT molecular complexity index is 957. The number of pyridine rings is 1. The zero-order valence-corrected chi connectivity index (χ0v) is 17.0. The van der Waals surface area contributed by atoms with Gasteiger partial charge in [-0.05, 0) is 31.2 Å². The minimum Gasteiger partial charge on any atom is -0.353 e. The minimum absolute atomic E-state index is 0.0294. The van der Waals surface area contributed by atoms with Gasteiger partial charge in [0.15, 0.2) is 5.82 Å². The maximum Gasteiger partial charge on any atom is 0.161 e. The molecule has 0 unspecified atom stereocenters. The lowest BCUT2D eigenvalue weighted by Crippen LogP contribution is -2.29. The van der Waals surface area contributed by atoms with E-state index in [0.717, 1.165) is 60.3 Å². The van der Waals surface area contributed by atoms with Gasteiger partial charge in [-0.2, -0.15) is 5.10 Å². The van der Waals surface area contributed by atoms with E-state index in [1.54, 1.807) is 12.4 Å². The standard InChI is InChI=1S/C21H27N7/c1-21(2,3)18-11-15(26-27-18)13-28(4)20-16-7-10-23-12-17(16)24-19(25-20)14-5-8-22-9-6-14/h5-6,8-9,11,23H,7,10,12-13H2,1-4H3,(H,26,27). The van der Waals surface area contributed by atoms with Crippen molar-refractivity contribution in [2.75, 3.05) is 18.5 Å². The lowest BCUT2D eigenvalue weighted by Gasteiger charge is -2.25. The molecule has 7 heteroatoms. The fraction of sp³-hybridized carbons (Fsp3) is 0.429. The highest BCUT2D eigenvalue weighted by Gasteiger charge is 2.22. The summed E-state index contributed by atoms with van der Waals surface area (Å²) in [6.45, 7) is 8.96.